The van der Waals surface area contributed by atoms with Crippen LogP contribution in [0.5, 0.6) is 0 Å². The van der Waals surface area contributed by atoms with Gasteiger partial charge in [0.1, 0.15) is 0 Å². The lowest BCUT2D eigenvalue weighted by molar-refractivity contribution is 0.0860. The first-order valence-electron chi connectivity index (χ1n) is 6.65. The Morgan fingerprint density at radius 2 is 1.94 bits per heavy atom. The summed E-state index contributed by atoms with van der Waals surface area (Å²) in [5, 5.41) is 22.2. The van der Waals surface area contributed by atoms with Gasteiger partial charge in [0, 0.05) is 12.1 Å². The monoisotopic (exact) mass is 244 g/mol. The third-order valence-electron chi connectivity index (χ3n) is 3.73. The molecule has 0 aromatic heterocycles. The van der Waals surface area contributed by atoms with E-state index in [0.29, 0.717) is 5.56 Å². The van der Waals surface area contributed by atoms with Gasteiger partial charge in [-0.15, -0.1) is 0 Å². The number of hydrogen-bond donors (Lipinski definition) is 2. The first-order valence-corrected chi connectivity index (χ1v) is 6.65. The third kappa shape index (κ3) is 3.10. The summed E-state index contributed by atoms with van der Waals surface area (Å²) in [6.45, 7) is 2.10. The molecule has 0 radical (unpaired) electrons. The van der Waals surface area contributed by atoms with Crippen LogP contribution in [0.1, 0.15) is 49.8 Å². The Labute approximate surface area is 108 Å². The summed E-state index contributed by atoms with van der Waals surface area (Å²) in [6.07, 6.45) is 4.04. The molecule has 3 nitrogen and oxygen atoms in total. The number of nitriles is 1. The van der Waals surface area contributed by atoms with Gasteiger partial charge in [0.05, 0.1) is 17.7 Å². The fourth-order valence-electron chi connectivity index (χ4n) is 2.57. The lowest BCUT2D eigenvalue weighted by Gasteiger charge is -2.31. The predicted octanol–water partition coefficient (Wildman–Crippen LogP) is 2.51. The van der Waals surface area contributed by atoms with Crippen molar-refractivity contribution < 1.29 is 5.11 Å². The van der Waals surface area contributed by atoms with E-state index in [1.165, 1.54) is 6.42 Å². The molecule has 1 aliphatic carbocycles. The van der Waals surface area contributed by atoms with Crippen LogP contribution in [0.25, 0.3) is 0 Å². The highest BCUT2D eigenvalue weighted by atomic mass is 16.3. The van der Waals surface area contributed by atoms with Crippen molar-refractivity contribution in [2.24, 2.45) is 0 Å². The molecule has 3 atom stereocenters. The molecule has 1 aromatic carbocycles. The molecule has 1 aliphatic rings. The van der Waals surface area contributed by atoms with Gasteiger partial charge in [-0.3, -0.25) is 0 Å². The summed E-state index contributed by atoms with van der Waals surface area (Å²) >= 11 is 0. The summed E-state index contributed by atoms with van der Waals surface area (Å²) < 4.78 is 0. The lowest BCUT2D eigenvalue weighted by Crippen LogP contribution is -2.43. The minimum absolute atomic E-state index is 0.199. The van der Waals surface area contributed by atoms with Crippen molar-refractivity contribution in [3.63, 3.8) is 0 Å². The minimum Gasteiger partial charge on any atom is -0.392 e. The van der Waals surface area contributed by atoms with Crippen molar-refractivity contribution in [2.45, 2.75) is 50.8 Å². The minimum atomic E-state index is -0.223. The van der Waals surface area contributed by atoms with Gasteiger partial charge in [0.2, 0.25) is 0 Å². The van der Waals surface area contributed by atoms with E-state index in [4.69, 9.17) is 5.26 Å². The summed E-state index contributed by atoms with van der Waals surface area (Å²) in [5.41, 5.74) is 1.84. The number of nitrogens with zero attached hydrogens (tertiary/aromatic N) is 1. The predicted molar refractivity (Wildman–Crippen MR) is 71.0 cm³/mol. The van der Waals surface area contributed by atoms with Crippen LogP contribution in [0.3, 0.4) is 0 Å². The maximum absolute atomic E-state index is 9.94. The number of aliphatic hydroxyl groups excluding tert-OH is 1. The van der Waals surface area contributed by atoms with Crippen LogP contribution in [-0.4, -0.2) is 17.3 Å². The van der Waals surface area contributed by atoms with Gasteiger partial charge in [0.15, 0.2) is 0 Å². The van der Waals surface area contributed by atoms with Crippen LogP contribution in [0.15, 0.2) is 24.3 Å². The fraction of sp³-hybridized carbons (Fsp3) is 0.533. The molecular weight excluding hydrogens is 224 g/mol. The van der Waals surface area contributed by atoms with E-state index in [0.717, 1.165) is 24.8 Å². The van der Waals surface area contributed by atoms with Crippen LogP contribution in [0.4, 0.5) is 0 Å². The molecule has 2 rings (SSSR count). The molecule has 1 saturated carbocycles. The van der Waals surface area contributed by atoms with Gasteiger partial charge < -0.3 is 10.4 Å². The van der Waals surface area contributed by atoms with Crippen molar-refractivity contribution in [3.8, 4) is 6.07 Å². The number of aliphatic hydroxyl groups is 1. The SMILES string of the molecule is CC(N[C@@H]1CCCC[C@H]1O)c1ccc(C#N)cc1. The quantitative estimate of drug-likeness (QED) is 0.859. The molecule has 96 valence electrons. The molecule has 1 fully saturated rings. The van der Waals surface area contributed by atoms with E-state index in [1.54, 1.807) is 0 Å². The average molecular weight is 244 g/mol. The Hall–Kier alpha value is -1.37. The molecule has 0 bridgehead atoms. The van der Waals surface area contributed by atoms with Crippen molar-refractivity contribution in [1.29, 1.82) is 5.26 Å². The molecule has 1 unspecified atom stereocenters. The lowest BCUT2D eigenvalue weighted by atomic mass is 9.91. The van der Waals surface area contributed by atoms with E-state index >= 15 is 0 Å². The van der Waals surface area contributed by atoms with E-state index in [2.05, 4.69) is 18.3 Å². The second-order valence-corrected chi connectivity index (χ2v) is 5.08. The zero-order valence-electron chi connectivity index (χ0n) is 10.8. The number of hydrogen-bond acceptors (Lipinski definition) is 3. The summed E-state index contributed by atoms with van der Waals surface area (Å²) in [4.78, 5) is 0. The van der Waals surface area contributed by atoms with E-state index in [9.17, 15) is 5.11 Å². The van der Waals surface area contributed by atoms with E-state index in [1.807, 2.05) is 24.3 Å². The molecule has 0 spiro atoms. The van der Waals surface area contributed by atoms with E-state index in [-0.39, 0.29) is 18.2 Å². The normalized spacial score (nSPS) is 25.4. The Morgan fingerprint density at radius 3 is 2.56 bits per heavy atom. The second kappa shape index (κ2) is 5.99. The van der Waals surface area contributed by atoms with Gasteiger partial charge in [-0.05, 0) is 37.5 Å². The zero-order valence-corrected chi connectivity index (χ0v) is 10.8. The smallest absolute Gasteiger partial charge is 0.0991 e. The van der Waals surface area contributed by atoms with Gasteiger partial charge >= 0.3 is 0 Å². The Bertz CT molecular complexity index is 421. The Kier molecular flexibility index (Phi) is 4.35. The van der Waals surface area contributed by atoms with Crippen molar-refractivity contribution >= 4 is 0 Å². The molecule has 3 heteroatoms. The number of nitrogens with one attached hydrogen (secondary N) is 1. The van der Waals surface area contributed by atoms with Crippen molar-refractivity contribution in [3.05, 3.63) is 35.4 Å². The van der Waals surface area contributed by atoms with Crippen LogP contribution < -0.4 is 5.32 Å². The fourth-order valence-corrected chi connectivity index (χ4v) is 2.57. The zero-order chi connectivity index (χ0) is 13.0. The summed E-state index contributed by atoms with van der Waals surface area (Å²) in [7, 11) is 0. The van der Waals surface area contributed by atoms with Crippen LogP contribution in [-0.2, 0) is 0 Å². The Morgan fingerprint density at radius 1 is 1.28 bits per heavy atom. The molecule has 0 aliphatic heterocycles. The highest BCUT2D eigenvalue weighted by molar-refractivity contribution is 5.32. The van der Waals surface area contributed by atoms with Gasteiger partial charge in [-0.25, -0.2) is 0 Å². The molecule has 2 N–H and O–H groups in total. The standard InChI is InChI=1S/C15H20N2O/c1-11(13-8-6-12(10-16)7-9-13)17-14-4-2-3-5-15(14)18/h6-9,11,14-15,17-18H,2-5H2,1H3/t11?,14-,15-/m1/s1. The first kappa shape index (κ1) is 13.1. The molecule has 1 aromatic rings. The highest BCUT2D eigenvalue weighted by Crippen LogP contribution is 2.22. The largest absolute Gasteiger partial charge is 0.392 e. The third-order valence-corrected chi connectivity index (χ3v) is 3.73. The topological polar surface area (TPSA) is 56.0 Å². The van der Waals surface area contributed by atoms with Crippen molar-refractivity contribution in [1.82, 2.24) is 5.32 Å². The van der Waals surface area contributed by atoms with Gasteiger partial charge in [-0.2, -0.15) is 5.26 Å². The summed E-state index contributed by atoms with van der Waals surface area (Å²) in [6, 6.07) is 10.2. The first-order chi connectivity index (χ1) is 8.70. The van der Waals surface area contributed by atoms with Crippen LogP contribution >= 0.6 is 0 Å². The van der Waals surface area contributed by atoms with Gasteiger partial charge in [-0.1, -0.05) is 25.0 Å². The van der Waals surface area contributed by atoms with Crippen molar-refractivity contribution in [2.75, 3.05) is 0 Å². The molecule has 0 heterocycles. The molecule has 0 amide bonds. The maximum Gasteiger partial charge on any atom is 0.0991 e. The number of benzene rings is 1. The van der Waals surface area contributed by atoms with Crippen LogP contribution in [0.2, 0.25) is 0 Å². The average Bonchev–Trinajstić information content (AvgIpc) is 2.41. The second-order valence-electron chi connectivity index (χ2n) is 5.08. The van der Waals surface area contributed by atoms with Gasteiger partial charge in [0.25, 0.3) is 0 Å². The molecule has 18 heavy (non-hydrogen) atoms. The molecular formula is C15H20N2O. The van der Waals surface area contributed by atoms with Crippen LogP contribution in [0, 0.1) is 11.3 Å². The summed E-state index contributed by atoms with van der Waals surface area (Å²) in [5.74, 6) is 0. The van der Waals surface area contributed by atoms with E-state index < -0.39 is 0 Å². The Balaban J connectivity index is 1.98. The molecule has 0 saturated heterocycles. The highest BCUT2D eigenvalue weighted by Gasteiger charge is 2.24. The maximum atomic E-state index is 9.94. The number of rotatable bonds is 3.